The Hall–Kier alpha value is -1.75. The average Bonchev–Trinajstić information content (AvgIpc) is 2.39. The minimum Gasteiger partial charge on any atom is -0.495 e. The zero-order chi connectivity index (χ0) is 13.7. The lowest BCUT2D eigenvalue weighted by atomic mass is 10.1. The van der Waals surface area contributed by atoms with Crippen LogP contribution in [0.25, 0.3) is 0 Å². The molecule has 0 spiro atoms. The van der Waals surface area contributed by atoms with Crippen molar-refractivity contribution in [2.24, 2.45) is 0 Å². The van der Waals surface area contributed by atoms with E-state index in [-0.39, 0.29) is 5.91 Å². The Kier molecular flexibility index (Phi) is 4.63. The molecule has 1 amide bonds. The molecule has 5 heteroatoms. The smallest absolute Gasteiger partial charge is 0.221 e. The summed E-state index contributed by atoms with van der Waals surface area (Å²) in [5.74, 6) is 0.718. The molecule has 1 atom stereocenters. The lowest BCUT2D eigenvalue weighted by Gasteiger charge is -2.26. The second kappa shape index (κ2) is 6.43. The van der Waals surface area contributed by atoms with E-state index in [1.54, 1.807) is 7.11 Å². The van der Waals surface area contributed by atoms with Gasteiger partial charge < -0.3 is 20.7 Å². The molecule has 0 aromatic heterocycles. The van der Waals surface area contributed by atoms with Gasteiger partial charge in [0, 0.05) is 25.2 Å². The Morgan fingerprint density at radius 2 is 2.32 bits per heavy atom. The van der Waals surface area contributed by atoms with Gasteiger partial charge in [-0.25, -0.2) is 0 Å². The molecule has 0 radical (unpaired) electrons. The summed E-state index contributed by atoms with van der Waals surface area (Å²) in [6, 6.07) is 6.01. The molecule has 1 saturated heterocycles. The molecule has 104 valence electrons. The van der Waals surface area contributed by atoms with Crippen LogP contribution in [0, 0.1) is 0 Å². The highest BCUT2D eigenvalue weighted by molar-refractivity contribution is 5.89. The van der Waals surface area contributed by atoms with Gasteiger partial charge in [-0.15, -0.1) is 0 Å². The SMILES string of the molecule is COc1ccc(NC(C)=O)cc1NC1CCCNC1. The first-order valence-corrected chi connectivity index (χ1v) is 6.62. The van der Waals surface area contributed by atoms with Gasteiger partial charge in [-0.2, -0.15) is 0 Å². The predicted octanol–water partition coefficient (Wildman–Crippen LogP) is 1.82. The Morgan fingerprint density at radius 3 is 2.95 bits per heavy atom. The van der Waals surface area contributed by atoms with Crippen molar-refractivity contribution >= 4 is 17.3 Å². The lowest BCUT2D eigenvalue weighted by molar-refractivity contribution is -0.114. The fourth-order valence-electron chi connectivity index (χ4n) is 2.30. The van der Waals surface area contributed by atoms with Gasteiger partial charge in [0.25, 0.3) is 0 Å². The maximum atomic E-state index is 11.1. The van der Waals surface area contributed by atoms with E-state index in [9.17, 15) is 4.79 Å². The third kappa shape index (κ3) is 3.86. The lowest BCUT2D eigenvalue weighted by Crippen LogP contribution is -2.38. The second-order valence-corrected chi connectivity index (χ2v) is 4.78. The summed E-state index contributed by atoms with van der Waals surface area (Å²) in [6.45, 7) is 3.54. The number of carbonyl (C=O) groups excluding carboxylic acids is 1. The molecule has 0 aliphatic carbocycles. The second-order valence-electron chi connectivity index (χ2n) is 4.78. The van der Waals surface area contributed by atoms with Crippen LogP contribution in [0.3, 0.4) is 0 Å². The van der Waals surface area contributed by atoms with E-state index in [1.807, 2.05) is 18.2 Å². The van der Waals surface area contributed by atoms with Crippen LogP contribution in [0.2, 0.25) is 0 Å². The fourth-order valence-corrected chi connectivity index (χ4v) is 2.30. The number of amides is 1. The van der Waals surface area contributed by atoms with Crippen LogP contribution in [0.1, 0.15) is 19.8 Å². The Morgan fingerprint density at radius 1 is 1.47 bits per heavy atom. The van der Waals surface area contributed by atoms with E-state index in [0.29, 0.717) is 6.04 Å². The Labute approximate surface area is 113 Å². The zero-order valence-corrected chi connectivity index (χ0v) is 11.5. The van der Waals surface area contributed by atoms with Crippen molar-refractivity contribution in [1.82, 2.24) is 5.32 Å². The Balaban J connectivity index is 2.12. The highest BCUT2D eigenvalue weighted by Crippen LogP contribution is 2.29. The normalized spacial score (nSPS) is 18.7. The Bertz CT molecular complexity index is 442. The van der Waals surface area contributed by atoms with Crippen LogP contribution in [0.15, 0.2) is 18.2 Å². The van der Waals surface area contributed by atoms with Gasteiger partial charge in [0.05, 0.1) is 12.8 Å². The van der Waals surface area contributed by atoms with Gasteiger partial charge in [-0.3, -0.25) is 4.79 Å². The van der Waals surface area contributed by atoms with E-state index in [1.165, 1.54) is 13.3 Å². The highest BCUT2D eigenvalue weighted by Gasteiger charge is 2.15. The molecule has 1 aromatic rings. The van der Waals surface area contributed by atoms with Gasteiger partial charge >= 0.3 is 0 Å². The van der Waals surface area contributed by atoms with Crippen LogP contribution >= 0.6 is 0 Å². The van der Waals surface area contributed by atoms with Crippen molar-refractivity contribution in [1.29, 1.82) is 0 Å². The maximum absolute atomic E-state index is 11.1. The molecule has 0 bridgehead atoms. The number of carbonyl (C=O) groups is 1. The first kappa shape index (κ1) is 13.7. The first-order valence-electron chi connectivity index (χ1n) is 6.62. The van der Waals surface area contributed by atoms with Crippen LogP contribution in [0.4, 0.5) is 11.4 Å². The molecule has 1 heterocycles. The number of hydrogen-bond acceptors (Lipinski definition) is 4. The summed E-state index contributed by atoms with van der Waals surface area (Å²) in [4.78, 5) is 11.1. The van der Waals surface area contributed by atoms with Crippen LogP contribution in [0.5, 0.6) is 5.75 Å². The zero-order valence-electron chi connectivity index (χ0n) is 11.5. The molecule has 0 saturated carbocycles. The molecule has 19 heavy (non-hydrogen) atoms. The molecule has 2 rings (SSSR count). The third-order valence-corrected chi connectivity index (χ3v) is 3.18. The maximum Gasteiger partial charge on any atom is 0.221 e. The van der Waals surface area contributed by atoms with Crippen molar-refractivity contribution in [3.63, 3.8) is 0 Å². The summed E-state index contributed by atoms with van der Waals surface area (Å²) in [7, 11) is 1.65. The quantitative estimate of drug-likeness (QED) is 0.775. The minimum absolute atomic E-state index is 0.0737. The van der Waals surface area contributed by atoms with E-state index in [2.05, 4.69) is 16.0 Å². The first-order chi connectivity index (χ1) is 9.19. The molecular weight excluding hydrogens is 242 g/mol. The molecule has 5 nitrogen and oxygen atoms in total. The van der Waals surface area contributed by atoms with Crippen LogP contribution in [-0.4, -0.2) is 32.1 Å². The number of ether oxygens (including phenoxy) is 1. The molecule has 1 aliphatic heterocycles. The molecule has 3 N–H and O–H groups in total. The van der Waals surface area contributed by atoms with Crippen LogP contribution < -0.4 is 20.7 Å². The monoisotopic (exact) mass is 263 g/mol. The average molecular weight is 263 g/mol. The minimum atomic E-state index is -0.0737. The van der Waals surface area contributed by atoms with E-state index in [4.69, 9.17) is 4.74 Å². The number of benzene rings is 1. The number of piperidine rings is 1. The molecule has 1 aromatic carbocycles. The van der Waals surface area contributed by atoms with Gasteiger partial charge in [0.1, 0.15) is 5.75 Å². The van der Waals surface area contributed by atoms with E-state index in [0.717, 1.165) is 36.6 Å². The third-order valence-electron chi connectivity index (χ3n) is 3.18. The standard InChI is InChI=1S/C14H21N3O2/c1-10(18)16-11-5-6-14(19-2)13(8-11)17-12-4-3-7-15-9-12/h5-6,8,12,15,17H,3-4,7,9H2,1-2H3,(H,16,18). The highest BCUT2D eigenvalue weighted by atomic mass is 16.5. The molecule has 1 unspecified atom stereocenters. The van der Waals surface area contributed by atoms with Crippen molar-refractivity contribution in [2.75, 3.05) is 30.8 Å². The molecule has 1 fully saturated rings. The largest absolute Gasteiger partial charge is 0.495 e. The summed E-state index contributed by atoms with van der Waals surface area (Å²) in [5.41, 5.74) is 1.70. The van der Waals surface area contributed by atoms with Gasteiger partial charge in [0.15, 0.2) is 0 Å². The number of rotatable bonds is 4. The van der Waals surface area contributed by atoms with Gasteiger partial charge in [-0.1, -0.05) is 0 Å². The van der Waals surface area contributed by atoms with Crippen molar-refractivity contribution in [3.8, 4) is 5.75 Å². The van der Waals surface area contributed by atoms with Crippen LogP contribution in [-0.2, 0) is 4.79 Å². The van der Waals surface area contributed by atoms with Crippen molar-refractivity contribution in [2.45, 2.75) is 25.8 Å². The molecular formula is C14H21N3O2. The topological polar surface area (TPSA) is 62.4 Å². The summed E-state index contributed by atoms with van der Waals surface area (Å²) in [6.07, 6.45) is 2.31. The van der Waals surface area contributed by atoms with Crippen molar-refractivity contribution < 1.29 is 9.53 Å². The van der Waals surface area contributed by atoms with Gasteiger partial charge in [0.2, 0.25) is 5.91 Å². The fraction of sp³-hybridized carbons (Fsp3) is 0.500. The number of hydrogen-bond donors (Lipinski definition) is 3. The number of methoxy groups -OCH3 is 1. The van der Waals surface area contributed by atoms with Crippen molar-refractivity contribution in [3.05, 3.63) is 18.2 Å². The van der Waals surface area contributed by atoms with E-state index >= 15 is 0 Å². The number of anilines is 2. The predicted molar refractivity (Wildman–Crippen MR) is 76.8 cm³/mol. The number of nitrogens with one attached hydrogen (secondary N) is 3. The van der Waals surface area contributed by atoms with E-state index < -0.39 is 0 Å². The summed E-state index contributed by atoms with van der Waals surface area (Å²) in [5, 5.41) is 9.63. The molecule has 1 aliphatic rings. The summed E-state index contributed by atoms with van der Waals surface area (Å²) >= 11 is 0. The summed E-state index contributed by atoms with van der Waals surface area (Å²) < 4.78 is 5.35. The van der Waals surface area contributed by atoms with Gasteiger partial charge in [-0.05, 0) is 37.6 Å².